The minimum absolute atomic E-state index is 0.0435. The van der Waals surface area contributed by atoms with Gasteiger partial charge in [0.1, 0.15) is 5.75 Å². The molecule has 0 aromatic heterocycles. The largest absolute Gasteiger partial charge is 0.481 e. The molecular weight excluding hydrogens is 382 g/mol. The molecule has 0 heterocycles. The maximum atomic E-state index is 13.2. The lowest BCUT2D eigenvalue weighted by Crippen LogP contribution is -2.48. The number of rotatable bonds is 11. The average molecular weight is 420 g/mol. The van der Waals surface area contributed by atoms with Crippen molar-refractivity contribution in [3.8, 4) is 5.75 Å². The second-order valence-electron chi connectivity index (χ2n) is 8.57. The number of hydrogen-bond donors (Lipinski definition) is 1. The summed E-state index contributed by atoms with van der Waals surface area (Å²) < 4.78 is 11.2. The Morgan fingerprint density at radius 2 is 1.73 bits per heavy atom. The van der Waals surface area contributed by atoms with Crippen molar-refractivity contribution in [3.63, 3.8) is 0 Å². The maximum absolute atomic E-state index is 13.2. The van der Waals surface area contributed by atoms with E-state index in [-0.39, 0.29) is 5.91 Å². The summed E-state index contributed by atoms with van der Waals surface area (Å²) in [6.45, 7) is 8.97. The molecule has 1 aromatic rings. The van der Waals surface area contributed by atoms with E-state index in [1.807, 2.05) is 24.0 Å². The molecule has 2 unspecified atom stereocenters. The normalized spacial score (nSPS) is 16.8. The first kappa shape index (κ1) is 24.2. The van der Waals surface area contributed by atoms with E-state index in [2.05, 4.69) is 13.8 Å². The van der Waals surface area contributed by atoms with Crippen LogP contribution in [0, 0.1) is 5.92 Å². The summed E-state index contributed by atoms with van der Waals surface area (Å²) >= 11 is 0. The van der Waals surface area contributed by atoms with Crippen LogP contribution in [0.25, 0.3) is 0 Å². The standard InChI is InChI=1S/C24H37NO5/c1-5-29-22(24(27)28)15-19-11-13-21(14-12-19)30-18(4)23(26)25(16-17(2)3)20-9-7-6-8-10-20/h11-14,17-18,20,22H,5-10,15-16H2,1-4H3,(H,27,28). The van der Waals surface area contributed by atoms with Gasteiger partial charge in [0.05, 0.1) is 0 Å². The molecular formula is C24H37NO5. The number of carboxylic acid groups (broad SMARTS) is 1. The number of nitrogens with zero attached hydrogens (tertiary/aromatic N) is 1. The van der Waals surface area contributed by atoms with Gasteiger partial charge in [-0.2, -0.15) is 0 Å². The lowest BCUT2D eigenvalue weighted by atomic mass is 9.93. The van der Waals surface area contributed by atoms with Crippen LogP contribution in [0.3, 0.4) is 0 Å². The highest BCUT2D eigenvalue weighted by molar-refractivity contribution is 5.81. The van der Waals surface area contributed by atoms with Gasteiger partial charge in [-0.1, -0.05) is 45.2 Å². The minimum atomic E-state index is -0.968. The fourth-order valence-corrected chi connectivity index (χ4v) is 4.03. The van der Waals surface area contributed by atoms with Crippen molar-refractivity contribution in [1.82, 2.24) is 4.90 Å². The van der Waals surface area contributed by atoms with Crippen molar-refractivity contribution in [1.29, 1.82) is 0 Å². The van der Waals surface area contributed by atoms with E-state index < -0.39 is 18.2 Å². The number of benzene rings is 1. The van der Waals surface area contributed by atoms with Gasteiger partial charge in [0.15, 0.2) is 12.2 Å². The summed E-state index contributed by atoms with van der Waals surface area (Å²) in [7, 11) is 0. The molecule has 2 rings (SSSR count). The number of aliphatic carboxylic acids is 1. The van der Waals surface area contributed by atoms with Crippen molar-refractivity contribution in [2.45, 2.75) is 84.5 Å². The van der Waals surface area contributed by atoms with E-state index in [0.29, 0.717) is 30.7 Å². The lowest BCUT2D eigenvalue weighted by molar-refractivity contribution is -0.150. The van der Waals surface area contributed by atoms with E-state index in [1.54, 1.807) is 19.1 Å². The molecule has 1 aliphatic carbocycles. The van der Waals surface area contributed by atoms with Crippen LogP contribution >= 0.6 is 0 Å². The van der Waals surface area contributed by atoms with E-state index in [9.17, 15) is 14.7 Å². The zero-order chi connectivity index (χ0) is 22.1. The Morgan fingerprint density at radius 3 is 2.27 bits per heavy atom. The van der Waals surface area contributed by atoms with E-state index >= 15 is 0 Å². The van der Waals surface area contributed by atoms with Crippen molar-refractivity contribution in [2.24, 2.45) is 5.92 Å². The van der Waals surface area contributed by atoms with E-state index in [1.165, 1.54) is 19.3 Å². The van der Waals surface area contributed by atoms with Crippen LogP contribution in [0.5, 0.6) is 5.75 Å². The van der Waals surface area contributed by atoms with Crippen LogP contribution < -0.4 is 4.74 Å². The predicted octanol–water partition coefficient (Wildman–Crippen LogP) is 4.30. The second kappa shape index (κ2) is 11.9. The molecule has 0 saturated heterocycles. The summed E-state index contributed by atoms with van der Waals surface area (Å²) in [6, 6.07) is 7.55. The molecule has 1 aliphatic rings. The van der Waals surface area contributed by atoms with E-state index in [0.717, 1.165) is 24.9 Å². The average Bonchev–Trinajstić information content (AvgIpc) is 2.73. The molecule has 168 valence electrons. The van der Waals surface area contributed by atoms with Crippen LogP contribution in [0.1, 0.15) is 65.4 Å². The first-order valence-corrected chi connectivity index (χ1v) is 11.2. The molecule has 1 aromatic carbocycles. The topological polar surface area (TPSA) is 76.1 Å². The molecule has 1 amide bonds. The fraction of sp³-hybridized carbons (Fsp3) is 0.667. The number of ether oxygens (including phenoxy) is 2. The Bertz CT molecular complexity index is 667. The number of hydrogen-bond acceptors (Lipinski definition) is 4. The van der Waals surface area contributed by atoms with Gasteiger partial charge < -0.3 is 19.5 Å². The molecule has 0 radical (unpaired) electrons. The fourth-order valence-electron chi connectivity index (χ4n) is 4.03. The highest BCUT2D eigenvalue weighted by Crippen LogP contribution is 2.25. The Kier molecular flexibility index (Phi) is 9.63. The zero-order valence-electron chi connectivity index (χ0n) is 18.8. The summed E-state index contributed by atoms with van der Waals surface area (Å²) in [5, 5.41) is 9.23. The smallest absolute Gasteiger partial charge is 0.333 e. The quantitative estimate of drug-likeness (QED) is 0.579. The Balaban J connectivity index is 1.99. The molecule has 6 heteroatoms. The van der Waals surface area contributed by atoms with Crippen molar-refractivity contribution in [2.75, 3.05) is 13.2 Å². The van der Waals surface area contributed by atoms with Gasteiger partial charge >= 0.3 is 5.97 Å². The third kappa shape index (κ3) is 7.31. The van der Waals surface area contributed by atoms with E-state index in [4.69, 9.17) is 9.47 Å². The molecule has 1 saturated carbocycles. The highest BCUT2D eigenvalue weighted by atomic mass is 16.5. The van der Waals surface area contributed by atoms with Gasteiger partial charge in [0.2, 0.25) is 0 Å². The second-order valence-corrected chi connectivity index (χ2v) is 8.57. The molecule has 0 spiro atoms. The molecule has 1 N–H and O–H groups in total. The van der Waals surface area contributed by atoms with Gasteiger partial charge in [-0.15, -0.1) is 0 Å². The first-order chi connectivity index (χ1) is 14.3. The summed E-state index contributed by atoms with van der Waals surface area (Å²) in [5.41, 5.74) is 0.853. The minimum Gasteiger partial charge on any atom is -0.481 e. The first-order valence-electron chi connectivity index (χ1n) is 11.2. The molecule has 0 bridgehead atoms. The predicted molar refractivity (Wildman–Crippen MR) is 117 cm³/mol. The van der Waals surface area contributed by atoms with Crippen molar-refractivity contribution < 1.29 is 24.2 Å². The summed E-state index contributed by atoms with van der Waals surface area (Å²) in [5.74, 6) is 0.0947. The molecule has 30 heavy (non-hydrogen) atoms. The number of carboxylic acids is 1. The van der Waals surface area contributed by atoms with Gasteiger partial charge in [0, 0.05) is 25.6 Å². The van der Waals surface area contributed by atoms with Crippen LogP contribution in [-0.4, -0.2) is 53.3 Å². The number of carbonyl (C=O) groups excluding carboxylic acids is 1. The van der Waals surface area contributed by atoms with Crippen LogP contribution in [-0.2, 0) is 20.7 Å². The van der Waals surface area contributed by atoms with Crippen LogP contribution in [0.15, 0.2) is 24.3 Å². The van der Waals surface area contributed by atoms with Gasteiger partial charge in [-0.25, -0.2) is 4.79 Å². The van der Waals surface area contributed by atoms with Gasteiger partial charge in [0.25, 0.3) is 5.91 Å². The summed E-state index contributed by atoms with van der Waals surface area (Å²) in [6.07, 6.45) is 4.64. The molecule has 1 fully saturated rings. The molecule has 0 aliphatic heterocycles. The van der Waals surface area contributed by atoms with Crippen LogP contribution in [0.4, 0.5) is 0 Å². The third-order valence-corrected chi connectivity index (χ3v) is 5.51. The monoisotopic (exact) mass is 419 g/mol. The van der Waals surface area contributed by atoms with Gasteiger partial charge in [-0.05, 0) is 50.3 Å². The molecule has 2 atom stereocenters. The SMILES string of the molecule is CCOC(Cc1ccc(OC(C)C(=O)N(CC(C)C)C2CCCCC2)cc1)C(=O)O. The zero-order valence-corrected chi connectivity index (χ0v) is 18.8. The molecule has 6 nitrogen and oxygen atoms in total. The third-order valence-electron chi connectivity index (χ3n) is 5.51. The Morgan fingerprint density at radius 1 is 1.10 bits per heavy atom. The summed E-state index contributed by atoms with van der Waals surface area (Å²) in [4.78, 5) is 26.5. The van der Waals surface area contributed by atoms with Crippen molar-refractivity contribution >= 4 is 11.9 Å². The number of amides is 1. The van der Waals surface area contributed by atoms with Gasteiger partial charge in [-0.3, -0.25) is 4.79 Å². The Labute approximate surface area is 180 Å². The highest BCUT2D eigenvalue weighted by Gasteiger charge is 2.30. The van der Waals surface area contributed by atoms with Crippen molar-refractivity contribution in [3.05, 3.63) is 29.8 Å². The Hall–Kier alpha value is -2.08. The maximum Gasteiger partial charge on any atom is 0.333 e. The number of carbonyl (C=O) groups is 2. The van der Waals surface area contributed by atoms with Crippen LogP contribution in [0.2, 0.25) is 0 Å². The lowest BCUT2D eigenvalue weighted by Gasteiger charge is -2.37.